The molecule has 0 amide bonds. The average Bonchev–Trinajstić information content (AvgIpc) is 2.49. The molecule has 0 saturated heterocycles. The van der Waals surface area contributed by atoms with Crippen molar-refractivity contribution in [1.29, 1.82) is 0 Å². The second-order valence-corrected chi connectivity index (χ2v) is 7.64. The highest BCUT2D eigenvalue weighted by Crippen LogP contribution is 2.13. The number of hydrogen-bond acceptors (Lipinski definition) is 3. The molecule has 0 spiro atoms. The van der Waals surface area contributed by atoms with Crippen LogP contribution in [0.1, 0.15) is 110 Å². The summed E-state index contributed by atoms with van der Waals surface area (Å²) in [7, 11) is -4.24. The van der Waals surface area contributed by atoms with Gasteiger partial charge in [-0.1, -0.05) is 103 Å². The summed E-state index contributed by atoms with van der Waals surface area (Å²) in [6.45, 7) is 2.36. The smallest absolute Gasteiger partial charge is 0.397 e. The van der Waals surface area contributed by atoms with Crippen molar-refractivity contribution in [2.75, 3.05) is 6.61 Å². The second-order valence-electron chi connectivity index (χ2n) is 6.55. The lowest BCUT2D eigenvalue weighted by Crippen LogP contribution is -2.04. The van der Waals surface area contributed by atoms with E-state index in [1.807, 2.05) is 0 Å². The van der Waals surface area contributed by atoms with Crippen molar-refractivity contribution >= 4 is 10.4 Å². The Morgan fingerprint density at radius 1 is 0.625 bits per heavy atom. The molecule has 0 aliphatic heterocycles. The topological polar surface area (TPSA) is 95.1 Å². The van der Waals surface area contributed by atoms with Crippen molar-refractivity contribution < 1.29 is 22.6 Å². The van der Waals surface area contributed by atoms with E-state index in [0.29, 0.717) is 6.42 Å². The van der Waals surface area contributed by atoms with Gasteiger partial charge in [0.15, 0.2) is 0 Å². The number of unbranched alkanes of at least 4 members (excludes halogenated alkanes) is 15. The van der Waals surface area contributed by atoms with Gasteiger partial charge in [-0.3, -0.25) is 4.55 Å². The van der Waals surface area contributed by atoms with Crippen LogP contribution in [0.15, 0.2) is 0 Å². The maximum Gasteiger partial charge on any atom is 0.397 e. The van der Waals surface area contributed by atoms with E-state index in [-0.39, 0.29) is 12.1 Å². The first kappa shape index (κ1) is 26.1. The van der Waals surface area contributed by atoms with Crippen LogP contribution in [0.25, 0.3) is 0 Å². The number of hydrogen-bond donors (Lipinski definition) is 1. The van der Waals surface area contributed by atoms with E-state index < -0.39 is 10.4 Å². The van der Waals surface area contributed by atoms with Gasteiger partial charge in [0.25, 0.3) is 0 Å². The van der Waals surface area contributed by atoms with E-state index in [9.17, 15) is 8.42 Å². The molecule has 0 rings (SSSR count). The average molecular weight is 369 g/mol. The predicted octanol–water partition coefficient (Wildman–Crippen LogP) is 5.24. The Hall–Kier alpha value is -0.170. The summed E-state index contributed by atoms with van der Waals surface area (Å²) >= 11 is 0. The minimum Gasteiger partial charge on any atom is -0.412 e. The third kappa shape index (κ3) is 24.1. The van der Waals surface area contributed by atoms with Gasteiger partial charge in [-0.15, -0.1) is 0 Å². The molecule has 0 aromatic heterocycles. The van der Waals surface area contributed by atoms with Gasteiger partial charge in [0.05, 0.1) is 6.61 Å². The molecule has 0 aliphatic rings. The molecular weight excluding hydrogens is 328 g/mol. The molecule has 3 N–H and O–H groups in total. The Morgan fingerprint density at radius 2 is 0.917 bits per heavy atom. The van der Waals surface area contributed by atoms with E-state index in [0.717, 1.165) is 12.8 Å². The Kier molecular flexibility index (Phi) is 20.8. The molecule has 0 aromatic carbocycles. The lowest BCUT2D eigenvalue weighted by Gasteiger charge is -2.03. The molecule has 0 bridgehead atoms. The fourth-order valence-corrected chi connectivity index (χ4v) is 3.14. The molecule has 0 unspecified atom stereocenters. The molecule has 5 nitrogen and oxygen atoms in total. The molecule has 0 fully saturated rings. The van der Waals surface area contributed by atoms with Gasteiger partial charge in [-0.25, -0.2) is 4.18 Å². The molecule has 0 saturated carbocycles. The maximum absolute atomic E-state index is 10.3. The molecule has 24 heavy (non-hydrogen) atoms. The predicted molar refractivity (Wildman–Crippen MR) is 101 cm³/mol. The van der Waals surface area contributed by atoms with Crippen LogP contribution in [0.4, 0.5) is 0 Å². The first-order chi connectivity index (χ1) is 11.1. The van der Waals surface area contributed by atoms with Gasteiger partial charge in [0.1, 0.15) is 0 Å². The zero-order valence-corrected chi connectivity index (χ0v) is 16.4. The van der Waals surface area contributed by atoms with Crippen molar-refractivity contribution in [3.05, 3.63) is 0 Å². The van der Waals surface area contributed by atoms with Gasteiger partial charge in [-0.05, 0) is 6.42 Å². The van der Waals surface area contributed by atoms with Gasteiger partial charge in [0, 0.05) is 0 Å². The van der Waals surface area contributed by atoms with Crippen LogP contribution in [0.2, 0.25) is 0 Å². The quantitative estimate of drug-likeness (QED) is 0.264. The van der Waals surface area contributed by atoms with Gasteiger partial charge in [0.2, 0.25) is 0 Å². The molecule has 0 aromatic rings. The van der Waals surface area contributed by atoms with Crippen LogP contribution in [-0.2, 0) is 14.6 Å². The number of rotatable bonds is 18. The fourth-order valence-electron chi connectivity index (χ4n) is 2.81. The van der Waals surface area contributed by atoms with Crippen LogP contribution in [-0.4, -0.2) is 25.1 Å². The summed E-state index contributed by atoms with van der Waals surface area (Å²) in [5.41, 5.74) is 0. The van der Waals surface area contributed by atoms with Crippen LogP contribution in [0, 0.1) is 0 Å². The Morgan fingerprint density at radius 3 is 1.21 bits per heavy atom. The zero-order valence-electron chi connectivity index (χ0n) is 15.6. The van der Waals surface area contributed by atoms with Gasteiger partial charge < -0.3 is 5.48 Å². The summed E-state index contributed by atoms with van der Waals surface area (Å²) in [6, 6.07) is 0. The maximum atomic E-state index is 10.3. The van der Waals surface area contributed by atoms with E-state index in [2.05, 4.69) is 11.1 Å². The van der Waals surface area contributed by atoms with E-state index in [1.165, 1.54) is 83.5 Å². The summed E-state index contributed by atoms with van der Waals surface area (Å²) in [6.07, 6.45) is 20.5. The summed E-state index contributed by atoms with van der Waals surface area (Å²) in [5.74, 6) is 0. The van der Waals surface area contributed by atoms with Crippen molar-refractivity contribution in [3.8, 4) is 0 Å². The van der Waals surface area contributed by atoms with Crippen molar-refractivity contribution in [1.82, 2.24) is 0 Å². The van der Waals surface area contributed by atoms with Crippen molar-refractivity contribution in [2.24, 2.45) is 0 Å². The Bertz CT molecular complexity index is 330. The van der Waals surface area contributed by atoms with Crippen LogP contribution >= 0.6 is 0 Å². The summed E-state index contributed by atoms with van der Waals surface area (Å²) < 4.78 is 33.3. The van der Waals surface area contributed by atoms with Crippen LogP contribution in [0.3, 0.4) is 0 Å². The highest BCUT2D eigenvalue weighted by atomic mass is 32.3. The SMILES string of the molecule is CCCCCCCCCCCCCCCCCCOS(=O)(=O)O.O. The third-order valence-corrected chi connectivity index (χ3v) is 4.69. The standard InChI is InChI=1S/C18H38O4S.H2O/c1-2-3-4-5-6-7-8-9-10-11-12-13-14-15-16-17-18-22-23(19,20)21;/h2-18H2,1H3,(H,19,20,21);1H2. The van der Waals surface area contributed by atoms with Crippen LogP contribution in [0.5, 0.6) is 0 Å². The lowest BCUT2D eigenvalue weighted by molar-refractivity contribution is 0.261. The van der Waals surface area contributed by atoms with Crippen LogP contribution < -0.4 is 0 Å². The minimum atomic E-state index is -4.24. The summed E-state index contributed by atoms with van der Waals surface area (Å²) in [5, 5.41) is 0. The van der Waals surface area contributed by atoms with E-state index in [1.54, 1.807) is 0 Å². The normalized spacial score (nSPS) is 11.4. The van der Waals surface area contributed by atoms with Crippen molar-refractivity contribution in [3.63, 3.8) is 0 Å². The highest BCUT2D eigenvalue weighted by molar-refractivity contribution is 7.80. The molecule has 0 atom stereocenters. The van der Waals surface area contributed by atoms with E-state index in [4.69, 9.17) is 4.55 Å². The highest BCUT2D eigenvalue weighted by Gasteiger charge is 2.02. The third-order valence-electron chi connectivity index (χ3n) is 4.23. The molecule has 0 heterocycles. The first-order valence-electron chi connectivity index (χ1n) is 9.68. The van der Waals surface area contributed by atoms with Gasteiger partial charge >= 0.3 is 10.4 Å². The largest absolute Gasteiger partial charge is 0.412 e. The minimum absolute atomic E-state index is 0. The summed E-state index contributed by atoms with van der Waals surface area (Å²) in [4.78, 5) is 0. The molecule has 0 aliphatic carbocycles. The second kappa shape index (κ2) is 19.2. The monoisotopic (exact) mass is 368 g/mol. The van der Waals surface area contributed by atoms with E-state index >= 15 is 0 Å². The Balaban J connectivity index is 0. The molecule has 6 heteroatoms. The fraction of sp³-hybridized carbons (Fsp3) is 1.00. The van der Waals surface area contributed by atoms with Crippen molar-refractivity contribution in [2.45, 2.75) is 110 Å². The first-order valence-corrected chi connectivity index (χ1v) is 11.0. The molecule has 148 valence electrons. The molecule has 0 radical (unpaired) electrons. The lowest BCUT2D eigenvalue weighted by atomic mass is 10.0. The zero-order chi connectivity index (χ0) is 17.2. The Labute approximate surface area is 149 Å². The molecular formula is C18H40O5S. The van der Waals surface area contributed by atoms with Gasteiger partial charge in [-0.2, -0.15) is 8.42 Å².